The molecule has 116 valence electrons. The Labute approximate surface area is 129 Å². The Balaban J connectivity index is 1.45. The molecule has 5 heteroatoms. The molecule has 0 aliphatic heterocycles. The van der Waals surface area contributed by atoms with Crippen LogP contribution in [0, 0.1) is 11.8 Å². The van der Waals surface area contributed by atoms with E-state index in [-0.39, 0.29) is 0 Å². The van der Waals surface area contributed by atoms with Crippen molar-refractivity contribution in [1.82, 2.24) is 10.1 Å². The van der Waals surface area contributed by atoms with Crippen molar-refractivity contribution in [2.45, 2.75) is 37.6 Å². The summed E-state index contributed by atoms with van der Waals surface area (Å²) in [6, 6.07) is 8.35. The summed E-state index contributed by atoms with van der Waals surface area (Å²) in [4.78, 5) is 4.61. The first kappa shape index (κ1) is 13.8. The van der Waals surface area contributed by atoms with Crippen molar-refractivity contribution in [2.24, 2.45) is 17.6 Å². The van der Waals surface area contributed by atoms with E-state index in [0.717, 1.165) is 48.2 Å². The van der Waals surface area contributed by atoms with Crippen molar-refractivity contribution in [1.29, 1.82) is 0 Å². The van der Waals surface area contributed by atoms with Gasteiger partial charge < -0.3 is 15.0 Å². The minimum Gasteiger partial charge on any atom is -0.497 e. The maximum absolute atomic E-state index is 6.06. The molecule has 1 aromatic carbocycles. The Morgan fingerprint density at radius 3 is 3.00 bits per heavy atom. The summed E-state index contributed by atoms with van der Waals surface area (Å²) in [5.41, 5.74) is 7.19. The third-order valence-corrected chi connectivity index (χ3v) is 5.20. The van der Waals surface area contributed by atoms with Crippen LogP contribution in [0.5, 0.6) is 5.75 Å². The van der Waals surface area contributed by atoms with E-state index in [0.29, 0.717) is 24.3 Å². The molecule has 0 spiro atoms. The van der Waals surface area contributed by atoms with E-state index in [1.807, 2.05) is 24.3 Å². The fraction of sp³-hybridized carbons (Fsp3) is 0.529. The largest absolute Gasteiger partial charge is 0.497 e. The average Bonchev–Trinajstić information content (AvgIpc) is 3.11. The van der Waals surface area contributed by atoms with Gasteiger partial charge in [0, 0.05) is 18.4 Å². The summed E-state index contributed by atoms with van der Waals surface area (Å²) in [5.74, 6) is 4.22. The van der Waals surface area contributed by atoms with Crippen LogP contribution in [0.15, 0.2) is 28.8 Å². The lowest BCUT2D eigenvalue weighted by molar-refractivity contribution is 0.173. The molecule has 5 nitrogen and oxygen atoms in total. The van der Waals surface area contributed by atoms with Crippen molar-refractivity contribution in [2.75, 3.05) is 7.11 Å². The van der Waals surface area contributed by atoms with E-state index in [9.17, 15) is 0 Å². The van der Waals surface area contributed by atoms with Crippen LogP contribution >= 0.6 is 0 Å². The molecule has 1 aromatic heterocycles. The summed E-state index contributed by atoms with van der Waals surface area (Å²) >= 11 is 0. The molecule has 0 bridgehead atoms. The zero-order valence-electron chi connectivity index (χ0n) is 12.7. The van der Waals surface area contributed by atoms with Crippen molar-refractivity contribution in [3.63, 3.8) is 0 Å². The number of aromatic nitrogens is 2. The standard InChI is InChI=1S/C17H21N3O2/c1-21-13-4-2-3-10(5-13)6-16-19-17(22-20-16)12-7-11-9-15(18)14(11)8-12/h2-5,11-12,14-15H,6-9,18H2,1H3/t11-,12?,14-,15+/m1/s1. The number of fused-ring (bicyclic) bond motifs is 1. The summed E-state index contributed by atoms with van der Waals surface area (Å²) in [7, 11) is 1.67. The van der Waals surface area contributed by atoms with Gasteiger partial charge in [0.15, 0.2) is 5.82 Å². The topological polar surface area (TPSA) is 74.2 Å². The molecule has 2 N–H and O–H groups in total. The molecule has 1 unspecified atom stereocenters. The van der Waals surface area contributed by atoms with Gasteiger partial charge in [0.25, 0.3) is 0 Å². The maximum atomic E-state index is 6.06. The van der Waals surface area contributed by atoms with Gasteiger partial charge in [0.1, 0.15) is 5.75 Å². The number of hydrogen-bond donors (Lipinski definition) is 1. The molecule has 0 saturated heterocycles. The second kappa shape index (κ2) is 5.39. The first-order chi connectivity index (χ1) is 10.7. The molecule has 2 aliphatic carbocycles. The fourth-order valence-electron chi connectivity index (χ4n) is 3.95. The number of ether oxygens (including phenoxy) is 1. The van der Waals surface area contributed by atoms with E-state index in [1.54, 1.807) is 7.11 Å². The summed E-state index contributed by atoms with van der Waals surface area (Å²) in [6.07, 6.45) is 4.08. The third-order valence-electron chi connectivity index (χ3n) is 5.20. The molecule has 2 aromatic rings. The van der Waals surface area contributed by atoms with Crippen LogP contribution in [0.2, 0.25) is 0 Å². The van der Waals surface area contributed by atoms with Crippen molar-refractivity contribution < 1.29 is 9.26 Å². The highest BCUT2D eigenvalue weighted by atomic mass is 16.5. The SMILES string of the molecule is COc1cccc(Cc2noc(C3C[C@@H]4C[C@H](N)[C@@H]4C3)n2)c1. The van der Waals surface area contributed by atoms with E-state index in [2.05, 4.69) is 10.1 Å². The average molecular weight is 299 g/mol. The second-order valence-electron chi connectivity index (χ2n) is 6.57. The zero-order valence-corrected chi connectivity index (χ0v) is 12.7. The van der Waals surface area contributed by atoms with Gasteiger partial charge in [-0.3, -0.25) is 0 Å². The lowest BCUT2D eigenvalue weighted by Crippen LogP contribution is -2.44. The van der Waals surface area contributed by atoms with Crippen LogP contribution in [-0.2, 0) is 6.42 Å². The zero-order chi connectivity index (χ0) is 15.1. The molecular weight excluding hydrogens is 278 g/mol. The molecule has 2 aliphatic rings. The van der Waals surface area contributed by atoms with Gasteiger partial charge in [0.2, 0.25) is 5.89 Å². The van der Waals surface area contributed by atoms with Gasteiger partial charge in [0.05, 0.1) is 7.11 Å². The first-order valence-electron chi connectivity index (χ1n) is 7.94. The minimum atomic E-state index is 0.383. The van der Waals surface area contributed by atoms with E-state index < -0.39 is 0 Å². The fourth-order valence-corrected chi connectivity index (χ4v) is 3.95. The Bertz CT molecular complexity index is 669. The first-order valence-corrected chi connectivity index (χ1v) is 7.94. The third kappa shape index (κ3) is 2.39. The van der Waals surface area contributed by atoms with Crippen LogP contribution in [0.25, 0.3) is 0 Å². The highest BCUT2D eigenvalue weighted by Crippen LogP contribution is 2.51. The number of rotatable bonds is 4. The quantitative estimate of drug-likeness (QED) is 0.939. The van der Waals surface area contributed by atoms with Crippen LogP contribution in [0.1, 0.15) is 42.5 Å². The molecule has 0 radical (unpaired) electrons. The van der Waals surface area contributed by atoms with E-state index in [4.69, 9.17) is 15.0 Å². The lowest BCUT2D eigenvalue weighted by Gasteiger charge is -2.37. The second-order valence-corrected chi connectivity index (χ2v) is 6.57. The number of methoxy groups -OCH3 is 1. The van der Waals surface area contributed by atoms with Gasteiger partial charge in [-0.2, -0.15) is 4.98 Å². The van der Waals surface area contributed by atoms with Crippen LogP contribution in [0.4, 0.5) is 0 Å². The van der Waals surface area contributed by atoms with Crippen molar-refractivity contribution >= 4 is 0 Å². The highest BCUT2D eigenvalue weighted by molar-refractivity contribution is 5.30. The summed E-state index contributed by atoms with van der Waals surface area (Å²) < 4.78 is 10.7. The van der Waals surface area contributed by atoms with Crippen LogP contribution in [0.3, 0.4) is 0 Å². The predicted octanol–water partition coefficient (Wildman–Crippen LogP) is 2.51. The Morgan fingerprint density at radius 1 is 1.32 bits per heavy atom. The molecule has 2 saturated carbocycles. The van der Waals surface area contributed by atoms with Crippen LogP contribution < -0.4 is 10.5 Å². The summed E-state index contributed by atoms with van der Waals surface area (Å²) in [6.45, 7) is 0. The molecule has 0 amide bonds. The molecular formula is C17H21N3O2. The molecule has 4 rings (SSSR count). The van der Waals surface area contributed by atoms with Gasteiger partial charge >= 0.3 is 0 Å². The monoisotopic (exact) mass is 299 g/mol. The minimum absolute atomic E-state index is 0.383. The normalized spacial score (nSPS) is 29.9. The van der Waals surface area contributed by atoms with E-state index >= 15 is 0 Å². The number of hydrogen-bond acceptors (Lipinski definition) is 5. The molecule has 2 fully saturated rings. The van der Waals surface area contributed by atoms with E-state index in [1.165, 1.54) is 0 Å². The highest BCUT2D eigenvalue weighted by Gasteiger charge is 2.47. The number of nitrogens with zero attached hydrogens (tertiary/aromatic N) is 2. The lowest BCUT2D eigenvalue weighted by atomic mass is 9.72. The van der Waals surface area contributed by atoms with Gasteiger partial charge in [-0.05, 0) is 48.8 Å². The van der Waals surface area contributed by atoms with Gasteiger partial charge in [-0.1, -0.05) is 17.3 Å². The Hall–Kier alpha value is -1.88. The molecule has 1 heterocycles. The summed E-state index contributed by atoms with van der Waals surface area (Å²) in [5, 5.41) is 4.14. The van der Waals surface area contributed by atoms with Gasteiger partial charge in [-0.15, -0.1) is 0 Å². The Kier molecular flexibility index (Phi) is 3.37. The predicted molar refractivity (Wildman–Crippen MR) is 81.6 cm³/mol. The van der Waals surface area contributed by atoms with Crippen LogP contribution in [-0.4, -0.2) is 23.3 Å². The van der Waals surface area contributed by atoms with Crippen molar-refractivity contribution in [3.05, 3.63) is 41.5 Å². The maximum Gasteiger partial charge on any atom is 0.229 e. The smallest absolute Gasteiger partial charge is 0.229 e. The van der Waals surface area contributed by atoms with Crippen molar-refractivity contribution in [3.8, 4) is 5.75 Å². The number of benzene rings is 1. The Morgan fingerprint density at radius 2 is 2.23 bits per heavy atom. The molecule has 22 heavy (non-hydrogen) atoms. The van der Waals surface area contributed by atoms with Gasteiger partial charge in [-0.25, -0.2) is 0 Å². The molecule has 4 atom stereocenters. The number of nitrogens with two attached hydrogens (primary N) is 1.